The van der Waals surface area contributed by atoms with E-state index in [0.717, 1.165) is 6.92 Å². The minimum atomic E-state index is -4.34. The number of rotatable bonds is 5. The first-order valence-electron chi connectivity index (χ1n) is 6.30. The zero-order chi connectivity index (χ0) is 16.9. The van der Waals surface area contributed by atoms with E-state index in [9.17, 15) is 27.9 Å². The van der Waals surface area contributed by atoms with Crippen molar-refractivity contribution in [2.75, 3.05) is 13.2 Å². The number of aliphatic hydroxyl groups excluding tert-OH is 2. The summed E-state index contributed by atoms with van der Waals surface area (Å²) in [6.45, 7) is -0.589. The van der Waals surface area contributed by atoms with E-state index >= 15 is 0 Å². The van der Waals surface area contributed by atoms with Gasteiger partial charge in [-0.2, -0.15) is 0 Å². The van der Waals surface area contributed by atoms with E-state index in [1.54, 1.807) is 0 Å². The molecular formula is C11H14NNaO9S. The van der Waals surface area contributed by atoms with E-state index in [0.29, 0.717) is 4.90 Å². The molecule has 23 heavy (non-hydrogen) atoms. The van der Waals surface area contributed by atoms with Gasteiger partial charge in [-0.3, -0.25) is 9.59 Å². The van der Waals surface area contributed by atoms with Crippen LogP contribution in [0.25, 0.3) is 0 Å². The third kappa shape index (κ3) is 2.79. The molecule has 2 N–H and O–H groups in total. The van der Waals surface area contributed by atoms with Gasteiger partial charge in [-0.25, -0.2) is 8.42 Å². The molecule has 0 spiro atoms. The van der Waals surface area contributed by atoms with Gasteiger partial charge < -0.3 is 29.8 Å². The monoisotopic (exact) mass is 359 g/mol. The Morgan fingerprint density at radius 1 is 1.52 bits per heavy atom. The number of sulfone groups is 1. The number of carboxylic acid groups (broad SMARTS) is 1. The molecule has 0 aromatic carbocycles. The van der Waals surface area contributed by atoms with Crippen molar-refractivity contribution in [3.63, 3.8) is 0 Å². The Labute approximate surface area is 153 Å². The minimum absolute atomic E-state index is 0. The molecule has 2 aliphatic heterocycles. The Morgan fingerprint density at radius 2 is 2.09 bits per heavy atom. The van der Waals surface area contributed by atoms with Gasteiger partial charge in [-0.1, -0.05) is 0 Å². The fourth-order valence-electron chi connectivity index (χ4n) is 2.61. The number of β-lactam (4-membered cyclic amide) rings is 1. The summed E-state index contributed by atoms with van der Waals surface area (Å²) >= 11 is 0. The van der Waals surface area contributed by atoms with Crippen molar-refractivity contribution < 1.29 is 72.4 Å². The molecule has 2 aliphatic rings. The average molecular weight is 359 g/mol. The number of hydrogen-bond acceptors (Lipinski definition) is 9. The second-order valence-electron chi connectivity index (χ2n) is 5.27. The molecule has 124 valence electrons. The summed E-state index contributed by atoms with van der Waals surface area (Å²) in [5, 5.41) is 27.6. The number of nitrogens with zero attached hydrogens (tertiary/aromatic N) is 1. The first-order chi connectivity index (χ1) is 10.1. The van der Waals surface area contributed by atoms with Gasteiger partial charge >= 0.3 is 35.5 Å². The number of esters is 1. The van der Waals surface area contributed by atoms with Crippen molar-refractivity contribution in [3.8, 4) is 0 Å². The molecule has 0 radical (unpaired) electrons. The van der Waals surface area contributed by atoms with Crippen molar-refractivity contribution in [2.45, 2.75) is 35.6 Å². The number of carboxylic acids is 1. The standard InChI is InChI=1S/C11H15NO9S.Na/c1-11(10(18)21-4-5(14)3-13)8(9(16)17)12-6(15)2-7(12)22(11,19)20;/h5,7-8,13-14H,2-4H2,1H3,(H,16,17);/q;+1/p-1/t5?,7?,8-,11+;/m0./s1. The van der Waals surface area contributed by atoms with Gasteiger partial charge in [0.15, 0.2) is 14.6 Å². The Morgan fingerprint density at radius 3 is 2.52 bits per heavy atom. The second-order valence-corrected chi connectivity index (χ2v) is 7.75. The van der Waals surface area contributed by atoms with Crippen LogP contribution in [0.15, 0.2) is 0 Å². The van der Waals surface area contributed by atoms with E-state index < -0.39 is 69.6 Å². The van der Waals surface area contributed by atoms with Crippen LogP contribution >= 0.6 is 0 Å². The van der Waals surface area contributed by atoms with Crippen LogP contribution in [0.1, 0.15) is 13.3 Å². The average Bonchev–Trinajstić information content (AvgIpc) is 2.59. The summed E-state index contributed by atoms with van der Waals surface area (Å²) in [6.07, 6.45) is -1.84. The molecule has 2 unspecified atom stereocenters. The number of aliphatic hydroxyl groups is 2. The largest absolute Gasteiger partial charge is 1.00 e. The third-order valence-electron chi connectivity index (χ3n) is 3.94. The van der Waals surface area contributed by atoms with Crippen LogP contribution in [0.4, 0.5) is 0 Å². The van der Waals surface area contributed by atoms with Crippen molar-refractivity contribution >= 4 is 27.7 Å². The molecule has 0 aromatic heterocycles. The van der Waals surface area contributed by atoms with Crippen molar-refractivity contribution in [3.05, 3.63) is 0 Å². The quantitative estimate of drug-likeness (QED) is 0.276. The van der Waals surface area contributed by atoms with Gasteiger partial charge in [-0.05, 0) is 6.92 Å². The fourth-order valence-corrected chi connectivity index (χ4v) is 4.89. The summed E-state index contributed by atoms with van der Waals surface area (Å²) in [6, 6.07) is -2.00. The van der Waals surface area contributed by atoms with Gasteiger partial charge in [0.2, 0.25) is 5.91 Å². The normalized spacial score (nSPS) is 32.3. The summed E-state index contributed by atoms with van der Waals surface area (Å²) in [5.74, 6) is -4.02. The Kier molecular flexibility index (Phi) is 5.88. The third-order valence-corrected chi connectivity index (χ3v) is 6.62. The summed E-state index contributed by atoms with van der Waals surface area (Å²) in [4.78, 5) is 35.5. The summed E-state index contributed by atoms with van der Waals surface area (Å²) in [5.41, 5.74) is 0. The van der Waals surface area contributed by atoms with Crippen LogP contribution < -0.4 is 34.7 Å². The molecule has 1 amide bonds. The van der Waals surface area contributed by atoms with E-state index in [1.165, 1.54) is 0 Å². The number of hydrogen-bond donors (Lipinski definition) is 2. The van der Waals surface area contributed by atoms with Crippen LogP contribution in [-0.2, 0) is 29.0 Å². The van der Waals surface area contributed by atoms with E-state index in [1.807, 2.05) is 0 Å². The van der Waals surface area contributed by atoms with Crippen LogP contribution in [0.2, 0.25) is 0 Å². The number of amides is 1. The summed E-state index contributed by atoms with van der Waals surface area (Å²) < 4.78 is 26.9. The predicted octanol–water partition coefficient (Wildman–Crippen LogP) is -7.25. The van der Waals surface area contributed by atoms with Gasteiger partial charge in [0.05, 0.1) is 19.0 Å². The number of fused-ring (bicyclic) bond motifs is 1. The molecular weight excluding hydrogens is 345 g/mol. The second kappa shape index (κ2) is 6.65. The fraction of sp³-hybridized carbons (Fsp3) is 0.727. The van der Waals surface area contributed by atoms with E-state index in [-0.39, 0.29) is 29.6 Å². The smallest absolute Gasteiger partial charge is 0.548 e. The van der Waals surface area contributed by atoms with Crippen LogP contribution in [0.5, 0.6) is 0 Å². The topological polar surface area (TPSA) is 161 Å². The van der Waals surface area contributed by atoms with Crippen molar-refractivity contribution in [1.82, 2.24) is 4.90 Å². The molecule has 0 aromatic rings. The molecule has 2 rings (SSSR count). The molecule has 0 saturated carbocycles. The SMILES string of the molecule is C[C@]1(C(=O)OCC(O)CO)[C@H](C(=O)[O-])N2C(=O)CC2S1(=O)=O.[Na+]. The van der Waals surface area contributed by atoms with Crippen molar-refractivity contribution in [1.29, 1.82) is 0 Å². The molecule has 2 fully saturated rings. The van der Waals surface area contributed by atoms with Gasteiger partial charge in [-0.15, -0.1) is 0 Å². The first-order valence-corrected chi connectivity index (χ1v) is 7.85. The van der Waals surface area contributed by atoms with Gasteiger partial charge in [0.1, 0.15) is 24.1 Å². The molecule has 0 bridgehead atoms. The predicted molar refractivity (Wildman–Crippen MR) is 65.4 cm³/mol. The first kappa shape index (κ1) is 20.3. The molecule has 0 aliphatic carbocycles. The Hall–Kier alpha value is -0.720. The van der Waals surface area contributed by atoms with E-state index in [2.05, 4.69) is 4.74 Å². The molecule has 12 heteroatoms. The number of carbonyl (C=O) groups excluding carboxylic acids is 3. The Bertz CT molecular complexity index is 635. The van der Waals surface area contributed by atoms with Crippen molar-refractivity contribution in [2.24, 2.45) is 0 Å². The van der Waals surface area contributed by atoms with Gasteiger partial charge in [0, 0.05) is 0 Å². The van der Waals surface area contributed by atoms with Crippen LogP contribution in [-0.4, -0.2) is 76.9 Å². The molecule has 10 nitrogen and oxygen atoms in total. The molecule has 2 saturated heterocycles. The molecule has 4 atom stereocenters. The maximum Gasteiger partial charge on any atom is 1.00 e. The van der Waals surface area contributed by atoms with Crippen LogP contribution in [0, 0.1) is 0 Å². The molecule has 2 heterocycles. The number of carbonyl (C=O) groups is 3. The minimum Gasteiger partial charge on any atom is -0.548 e. The zero-order valence-corrected chi connectivity index (χ0v) is 15.3. The maximum absolute atomic E-state index is 12.4. The van der Waals surface area contributed by atoms with E-state index in [4.69, 9.17) is 10.2 Å². The maximum atomic E-state index is 12.4. The number of aliphatic carboxylic acids is 1. The zero-order valence-electron chi connectivity index (χ0n) is 12.5. The van der Waals surface area contributed by atoms with Crippen LogP contribution in [0.3, 0.4) is 0 Å². The summed E-state index contributed by atoms with van der Waals surface area (Å²) in [7, 11) is -4.34. The van der Waals surface area contributed by atoms with Gasteiger partial charge in [0.25, 0.3) is 0 Å². The Balaban J connectivity index is 0.00000264. The number of ether oxygens (including phenoxy) is 1.